The van der Waals surface area contributed by atoms with E-state index in [0.29, 0.717) is 18.9 Å². The molecule has 0 atom stereocenters. The Kier molecular flexibility index (Phi) is 8.91. The highest BCUT2D eigenvalue weighted by Crippen LogP contribution is 2.15. The quantitative estimate of drug-likeness (QED) is 0.193. The molecule has 0 bridgehead atoms. The summed E-state index contributed by atoms with van der Waals surface area (Å²) in [5, 5.41) is 8.57. The molecule has 0 aliphatic heterocycles. The predicted octanol–water partition coefficient (Wildman–Crippen LogP) is 4.66. The topological polar surface area (TPSA) is 74.9 Å². The van der Waals surface area contributed by atoms with Crippen molar-refractivity contribution < 1.29 is 19.2 Å². The molecule has 0 saturated heterocycles. The molecule has 162 valence electrons. The van der Waals surface area contributed by atoms with Gasteiger partial charge in [0.1, 0.15) is 17.3 Å². The lowest BCUT2D eigenvalue weighted by molar-refractivity contribution is -0.124. The number of benzene rings is 2. The molecule has 1 heterocycles. The van der Waals surface area contributed by atoms with Gasteiger partial charge in [0.15, 0.2) is 0 Å². The maximum absolute atomic E-state index is 11.1. The van der Waals surface area contributed by atoms with E-state index in [1.165, 1.54) is 17.7 Å². The summed E-state index contributed by atoms with van der Waals surface area (Å²) < 4.78 is 11.6. The van der Waals surface area contributed by atoms with Crippen LogP contribution in [0.25, 0.3) is 6.08 Å². The third kappa shape index (κ3) is 8.12. The molecular formula is C25H28N2O4. The van der Waals surface area contributed by atoms with Crippen LogP contribution in [0.3, 0.4) is 0 Å². The van der Waals surface area contributed by atoms with Crippen molar-refractivity contribution in [2.24, 2.45) is 0 Å². The third-order valence-corrected chi connectivity index (χ3v) is 4.70. The number of hydrogen-bond acceptors (Lipinski definition) is 5. The van der Waals surface area contributed by atoms with Crippen molar-refractivity contribution in [3.05, 3.63) is 96.0 Å². The molecule has 6 nitrogen and oxygen atoms in total. The van der Waals surface area contributed by atoms with Gasteiger partial charge in [-0.2, -0.15) is 0 Å². The second kappa shape index (κ2) is 12.4. The number of para-hydroxylation sites is 1. The van der Waals surface area contributed by atoms with Crippen molar-refractivity contribution in [2.75, 3.05) is 13.2 Å². The summed E-state index contributed by atoms with van der Waals surface area (Å²) in [5.74, 6) is 1.69. The fourth-order valence-corrected chi connectivity index (χ4v) is 3.18. The Morgan fingerprint density at radius 1 is 0.968 bits per heavy atom. The van der Waals surface area contributed by atoms with Crippen molar-refractivity contribution in [2.45, 2.75) is 25.9 Å². The summed E-state index contributed by atoms with van der Waals surface area (Å²) in [6.07, 6.45) is 4.71. The van der Waals surface area contributed by atoms with Crippen LogP contribution < -0.4 is 10.2 Å². The summed E-state index contributed by atoms with van der Waals surface area (Å²) >= 11 is 0. The Hall–Kier alpha value is -3.35. The summed E-state index contributed by atoms with van der Waals surface area (Å²) in [4.78, 5) is 13.5. The average Bonchev–Trinajstić information content (AvgIpc) is 3.25. The zero-order chi connectivity index (χ0) is 21.7. The molecular weight excluding hydrogens is 392 g/mol. The van der Waals surface area contributed by atoms with E-state index in [-0.39, 0.29) is 0 Å². The number of amides is 1. The van der Waals surface area contributed by atoms with E-state index in [9.17, 15) is 4.79 Å². The van der Waals surface area contributed by atoms with Crippen molar-refractivity contribution in [3.63, 3.8) is 0 Å². The van der Waals surface area contributed by atoms with E-state index < -0.39 is 5.91 Å². The lowest BCUT2D eigenvalue weighted by atomic mass is 10.2. The van der Waals surface area contributed by atoms with Crippen LogP contribution in [0.2, 0.25) is 0 Å². The summed E-state index contributed by atoms with van der Waals surface area (Å²) in [7, 11) is 0. The zero-order valence-corrected chi connectivity index (χ0v) is 17.4. The molecule has 6 heteroatoms. The molecule has 1 amide bonds. The first-order chi connectivity index (χ1) is 15.2. The summed E-state index contributed by atoms with van der Waals surface area (Å²) in [5.41, 5.74) is 2.80. The van der Waals surface area contributed by atoms with Crippen molar-refractivity contribution in [3.8, 4) is 5.75 Å². The Morgan fingerprint density at radius 3 is 2.45 bits per heavy atom. The lowest BCUT2D eigenvalue weighted by Gasteiger charge is -2.21. The first-order valence-electron chi connectivity index (χ1n) is 10.4. The van der Waals surface area contributed by atoms with Crippen LogP contribution in [0.4, 0.5) is 0 Å². The average molecular weight is 421 g/mol. The maximum Gasteiger partial charge on any atom is 0.267 e. The van der Waals surface area contributed by atoms with Crippen LogP contribution in [-0.2, 0) is 17.9 Å². The number of carbonyl (C=O) groups excluding carboxylic acids is 1. The van der Waals surface area contributed by atoms with E-state index in [1.807, 2.05) is 60.7 Å². The third-order valence-electron chi connectivity index (χ3n) is 4.70. The predicted molar refractivity (Wildman–Crippen MR) is 119 cm³/mol. The fraction of sp³-hybridized carbons (Fsp3) is 0.240. The molecule has 31 heavy (non-hydrogen) atoms. The van der Waals surface area contributed by atoms with Crippen molar-refractivity contribution in [1.29, 1.82) is 0 Å². The molecule has 0 unspecified atom stereocenters. The lowest BCUT2D eigenvalue weighted by Crippen LogP contribution is -2.24. The number of unbranched alkanes of at least 4 members (excludes halogenated alkanes) is 1. The molecule has 0 aliphatic rings. The van der Waals surface area contributed by atoms with Crippen molar-refractivity contribution in [1.82, 2.24) is 10.4 Å². The smallest absolute Gasteiger partial charge is 0.267 e. The summed E-state index contributed by atoms with van der Waals surface area (Å²) in [6, 6.07) is 23.9. The standard InChI is InChI=1S/C25H28N2O4/c28-25(26-29)16-15-23-13-14-24(31-23)20-27(19-21-9-3-1-4-10-21)17-7-8-18-30-22-11-5-2-6-12-22/h1-6,9-16,29H,7-8,17-20H2,(H,26,28)/b16-15+. The second-order valence-electron chi connectivity index (χ2n) is 7.18. The second-order valence-corrected chi connectivity index (χ2v) is 7.18. The van der Waals surface area contributed by atoms with Crippen molar-refractivity contribution >= 4 is 12.0 Å². The molecule has 0 aliphatic carbocycles. The van der Waals surface area contributed by atoms with Crippen LogP contribution in [0.5, 0.6) is 5.75 Å². The largest absolute Gasteiger partial charge is 0.494 e. The Labute approximate surface area is 182 Å². The van der Waals surface area contributed by atoms with Crippen LogP contribution in [0.1, 0.15) is 29.9 Å². The van der Waals surface area contributed by atoms with E-state index in [4.69, 9.17) is 14.4 Å². The number of ether oxygens (including phenoxy) is 1. The van der Waals surface area contributed by atoms with Gasteiger partial charge in [-0.1, -0.05) is 48.5 Å². The highest BCUT2D eigenvalue weighted by atomic mass is 16.5. The first kappa shape index (κ1) is 22.3. The minimum atomic E-state index is -0.596. The molecule has 0 spiro atoms. The minimum absolute atomic E-state index is 0.564. The molecule has 3 rings (SSSR count). The van der Waals surface area contributed by atoms with E-state index in [2.05, 4.69) is 17.0 Å². The monoisotopic (exact) mass is 420 g/mol. The Morgan fingerprint density at radius 2 is 1.71 bits per heavy atom. The van der Waals surface area contributed by atoms with Crippen LogP contribution >= 0.6 is 0 Å². The number of hydroxylamine groups is 1. The Balaban J connectivity index is 1.53. The van der Waals surface area contributed by atoms with Gasteiger partial charge in [-0.25, -0.2) is 5.48 Å². The van der Waals surface area contributed by atoms with Gasteiger partial charge < -0.3 is 9.15 Å². The maximum atomic E-state index is 11.1. The van der Waals surface area contributed by atoms with E-state index in [1.54, 1.807) is 5.48 Å². The summed E-state index contributed by atoms with van der Waals surface area (Å²) in [6.45, 7) is 3.07. The van der Waals surface area contributed by atoms with E-state index in [0.717, 1.165) is 37.4 Å². The van der Waals surface area contributed by atoms with Gasteiger partial charge in [0.2, 0.25) is 0 Å². The number of furan rings is 1. The molecule has 0 radical (unpaired) electrons. The van der Waals surface area contributed by atoms with Crippen LogP contribution in [0, 0.1) is 0 Å². The molecule has 3 aromatic rings. The van der Waals surface area contributed by atoms with E-state index >= 15 is 0 Å². The van der Waals surface area contributed by atoms with Gasteiger partial charge in [0.25, 0.3) is 5.91 Å². The fourth-order valence-electron chi connectivity index (χ4n) is 3.18. The van der Waals surface area contributed by atoms with Gasteiger partial charge in [0.05, 0.1) is 13.2 Å². The van der Waals surface area contributed by atoms with Crippen LogP contribution in [0.15, 0.2) is 83.3 Å². The molecule has 2 aromatic carbocycles. The Bertz CT molecular complexity index is 938. The van der Waals surface area contributed by atoms with Gasteiger partial charge in [-0.05, 0) is 55.3 Å². The highest BCUT2D eigenvalue weighted by Gasteiger charge is 2.10. The molecule has 1 aromatic heterocycles. The molecule has 2 N–H and O–H groups in total. The van der Waals surface area contributed by atoms with Gasteiger partial charge in [0, 0.05) is 12.6 Å². The zero-order valence-electron chi connectivity index (χ0n) is 17.4. The minimum Gasteiger partial charge on any atom is -0.494 e. The number of hydrogen-bond donors (Lipinski definition) is 2. The number of carbonyl (C=O) groups is 1. The number of nitrogens with one attached hydrogen (secondary N) is 1. The number of nitrogens with zero attached hydrogens (tertiary/aromatic N) is 1. The highest BCUT2D eigenvalue weighted by molar-refractivity contribution is 5.90. The van der Waals surface area contributed by atoms with Crippen LogP contribution in [-0.4, -0.2) is 29.2 Å². The van der Waals surface area contributed by atoms with Gasteiger partial charge >= 0.3 is 0 Å². The SMILES string of the molecule is O=C(/C=C/c1ccc(CN(CCCCOc2ccccc2)Cc2ccccc2)o1)NO. The molecule has 0 fully saturated rings. The normalized spacial score (nSPS) is 11.2. The molecule has 0 saturated carbocycles. The number of rotatable bonds is 12. The van der Waals surface area contributed by atoms with Gasteiger partial charge in [-0.3, -0.25) is 14.9 Å². The first-order valence-corrected chi connectivity index (χ1v) is 10.4. The van der Waals surface area contributed by atoms with Gasteiger partial charge in [-0.15, -0.1) is 0 Å².